The number of aldehydes is 1. The molecule has 2 unspecified atom stereocenters. The van der Waals surface area contributed by atoms with Gasteiger partial charge in [0.25, 0.3) is 0 Å². The minimum absolute atomic E-state index is 0.186. The van der Waals surface area contributed by atoms with Crippen LogP contribution in [0.3, 0.4) is 0 Å². The molecule has 4 N–H and O–H groups in total. The van der Waals surface area contributed by atoms with Crippen LogP contribution in [0.25, 0.3) is 9.88 Å². The lowest BCUT2D eigenvalue weighted by Crippen LogP contribution is -2.37. The number of benzene rings is 2. The summed E-state index contributed by atoms with van der Waals surface area (Å²) in [5, 5.41) is 11.1. The number of hydrogen-bond acceptors (Lipinski definition) is 10. The quantitative estimate of drug-likeness (QED) is 0.0978. The van der Waals surface area contributed by atoms with Crippen LogP contribution >= 0.6 is 34.9 Å². The van der Waals surface area contributed by atoms with Crippen molar-refractivity contribution in [2.45, 2.75) is 24.9 Å². The number of carbonyl (C=O) groups is 2. The molecule has 200 valence electrons. The first-order valence-corrected chi connectivity index (χ1v) is 14.2. The van der Waals surface area contributed by atoms with Gasteiger partial charge in [0.15, 0.2) is 0 Å². The third-order valence-electron chi connectivity index (χ3n) is 5.47. The van der Waals surface area contributed by atoms with E-state index in [1.54, 1.807) is 22.7 Å². The Kier molecular flexibility index (Phi) is 12.3. The molecule has 11 heteroatoms. The molecule has 0 fully saturated rings. The standard InChI is InChI=1S/C16H17N3OS3.C11H13NO3/c1-17-13(9-11-4-6-12(7-5-11)19-23-20)14-10-22-16(18-14)15-3-2-8-21-15;1-15-11(14)12-10(8-13)7-9-5-3-2-4-6-9/h2-8,10,13,17,19-20H,9H2,1H3;2-6,8,10H,7H2,1H3,(H,12,14). The minimum Gasteiger partial charge on any atom is -0.453 e. The largest absolute Gasteiger partial charge is 0.453 e. The molecular weight excluding hydrogens is 541 g/mol. The second-order valence-electron chi connectivity index (χ2n) is 8.06. The lowest BCUT2D eigenvalue weighted by atomic mass is 10.0. The number of methoxy groups -OCH3 is 1. The number of aromatic nitrogens is 1. The Labute approximate surface area is 234 Å². The van der Waals surface area contributed by atoms with Crippen LogP contribution in [-0.4, -0.2) is 42.1 Å². The maximum absolute atomic E-state index is 10.9. The summed E-state index contributed by atoms with van der Waals surface area (Å²) in [6, 6.07) is 21.3. The third kappa shape index (κ3) is 9.26. The summed E-state index contributed by atoms with van der Waals surface area (Å²) in [7, 11) is 3.23. The van der Waals surface area contributed by atoms with E-state index in [4.69, 9.17) is 9.54 Å². The second kappa shape index (κ2) is 15.9. The van der Waals surface area contributed by atoms with Crippen molar-refractivity contribution in [2.75, 3.05) is 18.9 Å². The number of rotatable bonds is 11. The predicted octanol–water partition coefficient (Wildman–Crippen LogP) is 6.06. The first-order valence-electron chi connectivity index (χ1n) is 11.7. The fraction of sp³-hybridized carbons (Fsp3) is 0.222. The number of alkyl carbamates (subject to hydrolysis) is 1. The van der Waals surface area contributed by atoms with E-state index in [9.17, 15) is 9.59 Å². The fourth-order valence-electron chi connectivity index (χ4n) is 3.52. The zero-order chi connectivity index (χ0) is 27.2. The fourth-order valence-corrected chi connectivity index (χ4v) is 5.45. The van der Waals surface area contributed by atoms with Crippen molar-refractivity contribution in [3.8, 4) is 9.88 Å². The number of ether oxygens (including phenoxy) is 1. The minimum atomic E-state index is -0.594. The molecule has 38 heavy (non-hydrogen) atoms. The highest BCUT2D eigenvalue weighted by molar-refractivity contribution is 7.95. The van der Waals surface area contributed by atoms with Crippen LogP contribution in [0.1, 0.15) is 22.9 Å². The average molecular weight is 571 g/mol. The zero-order valence-corrected chi connectivity index (χ0v) is 23.4. The van der Waals surface area contributed by atoms with Crippen LogP contribution in [0.2, 0.25) is 0 Å². The van der Waals surface area contributed by atoms with Crippen molar-refractivity contribution < 1.29 is 18.9 Å². The van der Waals surface area contributed by atoms with Gasteiger partial charge in [-0.2, -0.15) is 0 Å². The summed E-state index contributed by atoms with van der Waals surface area (Å²) in [6.07, 6.45) is 1.45. The first-order chi connectivity index (χ1) is 18.6. The number of anilines is 1. The van der Waals surface area contributed by atoms with E-state index in [2.05, 4.69) is 55.1 Å². The molecular formula is C27H30N4O4S3. The lowest BCUT2D eigenvalue weighted by Gasteiger charge is -2.14. The number of nitrogens with one attached hydrogen (secondary N) is 3. The molecule has 1 amide bonds. The topological polar surface area (TPSA) is 113 Å². The van der Waals surface area contributed by atoms with Gasteiger partial charge in [-0.3, -0.25) is 0 Å². The maximum atomic E-state index is 10.9. The smallest absolute Gasteiger partial charge is 0.407 e. The Morgan fingerprint density at radius 3 is 2.39 bits per heavy atom. The van der Waals surface area contributed by atoms with Gasteiger partial charge in [-0.25, -0.2) is 9.78 Å². The number of likely N-dealkylation sites (N-methyl/N-ethyl adjacent to an activating group) is 1. The van der Waals surface area contributed by atoms with Gasteiger partial charge in [0.1, 0.15) is 23.5 Å². The van der Waals surface area contributed by atoms with Crippen LogP contribution in [-0.2, 0) is 22.4 Å². The number of nitrogens with zero attached hydrogens (tertiary/aromatic N) is 1. The Morgan fingerprint density at radius 2 is 1.79 bits per heavy atom. The van der Waals surface area contributed by atoms with Crippen LogP contribution in [0, 0.1) is 0 Å². The van der Waals surface area contributed by atoms with E-state index in [1.165, 1.54) is 17.6 Å². The Balaban J connectivity index is 0.000000232. The van der Waals surface area contributed by atoms with Crippen LogP contribution in [0.15, 0.2) is 77.5 Å². The number of thiophene rings is 1. The SMILES string of the molecule is CNC(Cc1ccc(NSO)cc1)c1csc(-c2cccs2)n1.COC(=O)NC(C=O)Cc1ccccc1. The van der Waals surface area contributed by atoms with E-state index >= 15 is 0 Å². The number of amides is 1. The highest BCUT2D eigenvalue weighted by Crippen LogP contribution is 2.30. The molecule has 0 aliphatic heterocycles. The van der Waals surface area contributed by atoms with Crippen LogP contribution < -0.4 is 15.4 Å². The molecule has 4 aromatic rings. The highest BCUT2D eigenvalue weighted by Gasteiger charge is 2.15. The Bertz CT molecular complexity index is 1230. The van der Waals surface area contributed by atoms with E-state index in [0.717, 1.165) is 28.4 Å². The predicted molar refractivity (Wildman–Crippen MR) is 157 cm³/mol. The van der Waals surface area contributed by atoms with Gasteiger partial charge in [-0.05, 0) is 54.6 Å². The molecule has 2 heterocycles. The van der Waals surface area contributed by atoms with Crippen molar-refractivity contribution in [1.29, 1.82) is 0 Å². The van der Waals surface area contributed by atoms with Crippen molar-refractivity contribution in [3.05, 3.63) is 94.3 Å². The second-order valence-corrected chi connectivity index (χ2v) is 10.3. The maximum Gasteiger partial charge on any atom is 0.407 e. The molecule has 0 bridgehead atoms. The van der Waals surface area contributed by atoms with Gasteiger partial charge in [0.05, 0.1) is 29.8 Å². The molecule has 8 nitrogen and oxygen atoms in total. The zero-order valence-electron chi connectivity index (χ0n) is 21.0. The summed E-state index contributed by atoms with van der Waals surface area (Å²) in [5.41, 5.74) is 4.18. The lowest BCUT2D eigenvalue weighted by molar-refractivity contribution is -0.109. The van der Waals surface area contributed by atoms with Gasteiger partial charge in [0.2, 0.25) is 0 Å². The van der Waals surface area contributed by atoms with Gasteiger partial charge in [0, 0.05) is 11.1 Å². The van der Waals surface area contributed by atoms with E-state index in [-0.39, 0.29) is 6.04 Å². The average Bonchev–Trinajstić information content (AvgIpc) is 3.66. The molecule has 0 spiro atoms. The summed E-state index contributed by atoms with van der Waals surface area (Å²) >= 11 is 4.01. The third-order valence-corrected chi connectivity index (χ3v) is 7.69. The molecule has 0 radical (unpaired) electrons. The Morgan fingerprint density at radius 1 is 1.05 bits per heavy atom. The normalized spacial score (nSPS) is 12.0. The number of hydrogen-bond donors (Lipinski definition) is 4. The molecule has 2 aromatic heterocycles. The van der Waals surface area contributed by atoms with E-state index in [0.29, 0.717) is 24.9 Å². The monoisotopic (exact) mass is 570 g/mol. The summed E-state index contributed by atoms with van der Waals surface area (Å²) < 4.78 is 16.0. The van der Waals surface area contributed by atoms with Crippen LogP contribution in [0.4, 0.5) is 10.5 Å². The first kappa shape index (κ1) is 29.3. The molecule has 2 aromatic carbocycles. The van der Waals surface area contributed by atoms with Crippen molar-refractivity contribution >= 4 is 53.0 Å². The van der Waals surface area contributed by atoms with Crippen molar-refractivity contribution in [2.24, 2.45) is 0 Å². The number of thiazole rings is 1. The molecule has 2 atom stereocenters. The highest BCUT2D eigenvalue weighted by atomic mass is 32.2. The molecule has 0 saturated heterocycles. The van der Waals surface area contributed by atoms with Crippen molar-refractivity contribution in [3.63, 3.8) is 0 Å². The van der Waals surface area contributed by atoms with Gasteiger partial charge in [-0.15, -0.1) is 22.7 Å². The molecule has 0 aliphatic carbocycles. The summed E-state index contributed by atoms with van der Waals surface area (Å²) in [4.78, 5) is 27.6. The van der Waals surface area contributed by atoms with Gasteiger partial charge >= 0.3 is 6.09 Å². The molecule has 4 rings (SSSR count). The summed E-state index contributed by atoms with van der Waals surface area (Å²) in [5.74, 6) is 0. The van der Waals surface area contributed by atoms with E-state index in [1.807, 2.05) is 49.5 Å². The van der Waals surface area contributed by atoms with E-state index < -0.39 is 12.1 Å². The van der Waals surface area contributed by atoms with Crippen molar-refractivity contribution in [1.82, 2.24) is 15.6 Å². The summed E-state index contributed by atoms with van der Waals surface area (Å²) in [6.45, 7) is 0. The van der Waals surface area contributed by atoms with Gasteiger partial charge in [-0.1, -0.05) is 48.5 Å². The van der Waals surface area contributed by atoms with Crippen LogP contribution in [0.5, 0.6) is 0 Å². The molecule has 0 aliphatic rings. The van der Waals surface area contributed by atoms with Gasteiger partial charge < -0.3 is 29.4 Å². The molecule has 0 saturated carbocycles. The Hall–Kier alpha value is -3.22. The number of carbonyl (C=O) groups excluding carboxylic acids is 2.